The first-order valence-electron chi connectivity index (χ1n) is 7.29. The van der Waals surface area contributed by atoms with Crippen molar-refractivity contribution in [2.75, 3.05) is 6.61 Å². The largest absolute Gasteiger partial charge is 0.465 e. The summed E-state index contributed by atoms with van der Waals surface area (Å²) in [6.45, 7) is 4.17. The molecule has 0 bridgehead atoms. The maximum atomic E-state index is 12.0. The standard InChI is InChI=1S/C15H18N4O2S/c1-4-12(13(20)21-5-2)22-15-17-16-14-18(3)10-8-6-7-9-11(10)19(14)15/h6-9,12H,4-5H2,1-3H3. The van der Waals surface area contributed by atoms with Gasteiger partial charge in [0, 0.05) is 7.05 Å². The monoisotopic (exact) mass is 318 g/mol. The zero-order valence-electron chi connectivity index (χ0n) is 12.8. The molecular formula is C15H18N4O2S. The van der Waals surface area contributed by atoms with Crippen molar-refractivity contribution < 1.29 is 9.53 Å². The van der Waals surface area contributed by atoms with Gasteiger partial charge in [0.05, 0.1) is 17.6 Å². The quantitative estimate of drug-likeness (QED) is 0.534. The molecule has 0 radical (unpaired) electrons. The zero-order valence-corrected chi connectivity index (χ0v) is 13.6. The summed E-state index contributed by atoms with van der Waals surface area (Å²) in [7, 11) is 1.96. The molecule has 0 aliphatic carbocycles. The van der Waals surface area contributed by atoms with Crippen molar-refractivity contribution in [2.45, 2.75) is 30.7 Å². The number of ether oxygens (including phenoxy) is 1. The third-order valence-corrected chi connectivity index (χ3v) is 4.85. The molecule has 0 aliphatic rings. The molecule has 116 valence electrons. The van der Waals surface area contributed by atoms with E-state index in [1.165, 1.54) is 11.8 Å². The Bertz CT molecular complexity index is 824. The Labute approximate surface area is 132 Å². The van der Waals surface area contributed by atoms with Gasteiger partial charge < -0.3 is 9.30 Å². The number of nitrogens with zero attached hydrogens (tertiary/aromatic N) is 4. The molecule has 0 N–H and O–H groups in total. The third kappa shape index (κ3) is 2.35. The van der Waals surface area contributed by atoms with Crippen LogP contribution in [-0.4, -0.2) is 37.0 Å². The summed E-state index contributed by atoms with van der Waals surface area (Å²) in [4.78, 5) is 12.0. The van der Waals surface area contributed by atoms with Gasteiger partial charge in [0.25, 0.3) is 0 Å². The maximum absolute atomic E-state index is 12.0. The highest BCUT2D eigenvalue weighted by Gasteiger charge is 2.23. The van der Waals surface area contributed by atoms with Crippen LogP contribution in [0.3, 0.4) is 0 Å². The van der Waals surface area contributed by atoms with Crippen molar-refractivity contribution in [2.24, 2.45) is 7.05 Å². The van der Waals surface area contributed by atoms with Crippen molar-refractivity contribution >= 4 is 34.5 Å². The highest BCUT2D eigenvalue weighted by molar-refractivity contribution is 8.00. The second kappa shape index (κ2) is 6.00. The topological polar surface area (TPSA) is 61.4 Å². The van der Waals surface area contributed by atoms with Crippen molar-refractivity contribution in [3.8, 4) is 0 Å². The van der Waals surface area contributed by atoms with Crippen LogP contribution in [0.4, 0.5) is 0 Å². The Morgan fingerprint density at radius 2 is 2.00 bits per heavy atom. The van der Waals surface area contributed by atoms with Gasteiger partial charge in [-0.05, 0) is 25.5 Å². The Hall–Kier alpha value is -2.02. The highest BCUT2D eigenvalue weighted by atomic mass is 32.2. The molecule has 3 aromatic rings. The lowest BCUT2D eigenvalue weighted by Crippen LogP contribution is -2.19. The Balaban J connectivity index is 2.04. The molecular weight excluding hydrogens is 300 g/mol. The summed E-state index contributed by atoms with van der Waals surface area (Å²) >= 11 is 1.40. The van der Waals surface area contributed by atoms with Crippen molar-refractivity contribution in [3.63, 3.8) is 0 Å². The van der Waals surface area contributed by atoms with E-state index in [1.807, 2.05) is 54.1 Å². The molecule has 22 heavy (non-hydrogen) atoms. The van der Waals surface area contributed by atoms with E-state index in [9.17, 15) is 4.79 Å². The van der Waals surface area contributed by atoms with Crippen LogP contribution < -0.4 is 0 Å². The first-order chi connectivity index (χ1) is 10.7. The smallest absolute Gasteiger partial charge is 0.319 e. The molecule has 0 fully saturated rings. The molecule has 0 amide bonds. The summed E-state index contributed by atoms with van der Waals surface area (Å²) in [5.74, 6) is 0.564. The molecule has 3 rings (SSSR count). The summed E-state index contributed by atoms with van der Waals surface area (Å²) in [5, 5.41) is 8.94. The summed E-state index contributed by atoms with van der Waals surface area (Å²) in [6, 6.07) is 8.05. The lowest BCUT2D eigenvalue weighted by molar-refractivity contribution is -0.142. The fourth-order valence-corrected chi connectivity index (χ4v) is 3.43. The van der Waals surface area contributed by atoms with E-state index in [0.29, 0.717) is 18.2 Å². The summed E-state index contributed by atoms with van der Waals surface area (Å²) < 4.78 is 9.11. The van der Waals surface area contributed by atoms with Gasteiger partial charge >= 0.3 is 5.97 Å². The van der Waals surface area contributed by atoms with E-state index in [1.54, 1.807) is 0 Å². The maximum Gasteiger partial charge on any atom is 0.319 e. The molecule has 0 aliphatic heterocycles. The van der Waals surface area contributed by atoms with Gasteiger partial charge in [0.15, 0.2) is 5.16 Å². The average molecular weight is 318 g/mol. The second-order valence-corrected chi connectivity index (χ2v) is 6.10. The van der Waals surface area contributed by atoms with Gasteiger partial charge in [-0.2, -0.15) is 0 Å². The number of para-hydroxylation sites is 2. The number of hydrogen-bond donors (Lipinski definition) is 0. The summed E-state index contributed by atoms with van der Waals surface area (Å²) in [6.07, 6.45) is 0.684. The van der Waals surface area contributed by atoms with Crippen LogP contribution >= 0.6 is 11.8 Å². The SMILES string of the molecule is CCOC(=O)C(CC)Sc1nnc2n(C)c3ccccc3n12. The number of rotatable bonds is 5. The second-order valence-electron chi connectivity index (χ2n) is 4.93. The zero-order chi connectivity index (χ0) is 15.7. The molecule has 1 atom stereocenters. The van der Waals surface area contributed by atoms with Gasteiger partial charge in [0.2, 0.25) is 5.78 Å². The average Bonchev–Trinajstić information content (AvgIpc) is 3.06. The molecule has 0 spiro atoms. The molecule has 2 aromatic heterocycles. The molecule has 6 nitrogen and oxygen atoms in total. The first kappa shape index (κ1) is 14.9. The minimum Gasteiger partial charge on any atom is -0.465 e. The lowest BCUT2D eigenvalue weighted by atomic mass is 10.3. The fourth-order valence-electron chi connectivity index (χ4n) is 2.47. The van der Waals surface area contributed by atoms with E-state index in [0.717, 1.165) is 16.8 Å². The molecule has 0 saturated heterocycles. The minimum atomic E-state index is -0.272. The predicted molar refractivity (Wildman–Crippen MR) is 86.0 cm³/mol. The number of aromatic nitrogens is 4. The van der Waals surface area contributed by atoms with Gasteiger partial charge in [-0.3, -0.25) is 9.20 Å². The van der Waals surface area contributed by atoms with Gasteiger partial charge in [-0.25, -0.2) is 0 Å². The van der Waals surface area contributed by atoms with Crippen LogP contribution in [0, 0.1) is 0 Å². The van der Waals surface area contributed by atoms with Crippen molar-refractivity contribution in [3.05, 3.63) is 24.3 Å². The van der Waals surface area contributed by atoms with Gasteiger partial charge in [-0.15, -0.1) is 10.2 Å². The van der Waals surface area contributed by atoms with Crippen molar-refractivity contribution in [1.29, 1.82) is 0 Å². The van der Waals surface area contributed by atoms with E-state index >= 15 is 0 Å². The van der Waals surface area contributed by atoms with Crippen LogP contribution in [0.25, 0.3) is 16.8 Å². The van der Waals surface area contributed by atoms with E-state index in [2.05, 4.69) is 10.2 Å². The molecule has 1 unspecified atom stereocenters. The molecule has 7 heteroatoms. The van der Waals surface area contributed by atoms with Crippen LogP contribution in [0.2, 0.25) is 0 Å². The lowest BCUT2D eigenvalue weighted by Gasteiger charge is -2.11. The van der Waals surface area contributed by atoms with Gasteiger partial charge in [0.1, 0.15) is 5.25 Å². The number of carbonyl (C=O) groups excluding carboxylic acids is 1. The van der Waals surface area contributed by atoms with Gasteiger partial charge in [-0.1, -0.05) is 30.8 Å². The fraction of sp³-hybridized carbons (Fsp3) is 0.400. The normalized spacial score (nSPS) is 12.9. The first-order valence-corrected chi connectivity index (χ1v) is 8.17. The number of esters is 1. The molecule has 0 saturated carbocycles. The number of hydrogen-bond acceptors (Lipinski definition) is 5. The minimum absolute atomic E-state index is 0.202. The Morgan fingerprint density at radius 1 is 1.27 bits per heavy atom. The van der Waals surface area contributed by atoms with E-state index < -0.39 is 0 Å². The number of aryl methyl sites for hydroxylation is 1. The highest BCUT2D eigenvalue weighted by Crippen LogP contribution is 2.29. The number of carbonyl (C=O) groups is 1. The summed E-state index contributed by atoms with van der Waals surface area (Å²) in [5.41, 5.74) is 2.12. The van der Waals surface area contributed by atoms with Crippen LogP contribution in [0.15, 0.2) is 29.4 Å². The number of fused-ring (bicyclic) bond motifs is 3. The van der Waals surface area contributed by atoms with Crippen LogP contribution in [-0.2, 0) is 16.6 Å². The number of imidazole rings is 1. The van der Waals surface area contributed by atoms with E-state index in [4.69, 9.17) is 4.74 Å². The van der Waals surface area contributed by atoms with Crippen LogP contribution in [0.1, 0.15) is 20.3 Å². The number of benzene rings is 1. The third-order valence-electron chi connectivity index (χ3n) is 3.57. The number of thioether (sulfide) groups is 1. The Morgan fingerprint density at radius 3 is 2.68 bits per heavy atom. The van der Waals surface area contributed by atoms with Crippen molar-refractivity contribution in [1.82, 2.24) is 19.2 Å². The van der Waals surface area contributed by atoms with E-state index in [-0.39, 0.29) is 11.2 Å². The molecule has 2 heterocycles. The molecule has 1 aromatic carbocycles. The Kier molecular flexibility index (Phi) is 4.06. The van der Waals surface area contributed by atoms with Crippen LogP contribution in [0.5, 0.6) is 0 Å². The predicted octanol–water partition coefficient (Wildman–Crippen LogP) is 2.65.